The molecule has 5 heteroatoms. The SMILES string of the molecule is CC1(C)CC(/C=C/C(=O)N2C(=O)OCC2c2ccccc2)CCO1. The van der Waals surface area contributed by atoms with E-state index in [0.717, 1.165) is 18.4 Å². The summed E-state index contributed by atoms with van der Waals surface area (Å²) in [6.45, 7) is 5.00. The molecule has 24 heavy (non-hydrogen) atoms. The summed E-state index contributed by atoms with van der Waals surface area (Å²) < 4.78 is 10.8. The number of carbonyl (C=O) groups is 2. The Bertz CT molecular complexity index is 638. The normalized spacial score (nSPS) is 26.6. The van der Waals surface area contributed by atoms with Crippen molar-refractivity contribution in [2.45, 2.75) is 38.3 Å². The average Bonchev–Trinajstić information content (AvgIpc) is 2.94. The molecule has 5 nitrogen and oxygen atoms in total. The Morgan fingerprint density at radius 1 is 1.29 bits per heavy atom. The number of carbonyl (C=O) groups excluding carboxylic acids is 2. The number of hydrogen-bond donors (Lipinski definition) is 0. The van der Waals surface area contributed by atoms with Crippen molar-refractivity contribution < 1.29 is 19.1 Å². The van der Waals surface area contributed by atoms with Gasteiger partial charge < -0.3 is 9.47 Å². The summed E-state index contributed by atoms with van der Waals surface area (Å²) >= 11 is 0. The summed E-state index contributed by atoms with van der Waals surface area (Å²) in [6.07, 6.45) is 4.59. The summed E-state index contributed by atoms with van der Waals surface area (Å²) in [5.41, 5.74) is 0.729. The standard InChI is InChI=1S/C19H23NO4/c1-19(2)12-14(10-11-24-19)8-9-17(21)20-16(13-23-18(20)22)15-6-4-3-5-7-15/h3-9,14,16H,10-13H2,1-2H3/b9-8+. The quantitative estimate of drug-likeness (QED) is 0.797. The fraction of sp³-hybridized carbons (Fsp3) is 0.474. The second-order valence-electron chi connectivity index (χ2n) is 6.93. The van der Waals surface area contributed by atoms with Crippen molar-refractivity contribution in [3.8, 4) is 0 Å². The third kappa shape index (κ3) is 3.67. The fourth-order valence-corrected chi connectivity index (χ4v) is 3.33. The maximum absolute atomic E-state index is 12.6. The molecule has 0 N–H and O–H groups in total. The third-order valence-electron chi connectivity index (χ3n) is 4.54. The molecule has 0 radical (unpaired) electrons. The Hall–Kier alpha value is -2.14. The average molecular weight is 329 g/mol. The molecule has 0 saturated carbocycles. The predicted octanol–water partition coefficient (Wildman–Crippen LogP) is 3.47. The van der Waals surface area contributed by atoms with Gasteiger partial charge in [-0.3, -0.25) is 4.79 Å². The van der Waals surface area contributed by atoms with Crippen LogP contribution in [0.1, 0.15) is 38.3 Å². The van der Waals surface area contributed by atoms with Crippen molar-refractivity contribution in [1.82, 2.24) is 4.90 Å². The van der Waals surface area contributed by atoms with Crippen LogP contribution in [0.25, 0.3) is 0 Å². The highest BCUT2D eigenvalue weighted by Crippen LogP contribution is 2.30. The van der Waals surface area contributed by atoms with Gasteiger partial charge in [0, 0.05) is 6.61 Å². The van der Waals surface area contributed by atoms with E-state index in [0.29, 0.717) is 6.61 Å². The minimum atomic E-state index is -0.578. The van der Waals surface area contributed by atoms with E-state index in [4.69, 9.17) is 9.47 Å². The summed E-state index contributed by atoms with van der Waals surface area (Å²) in [5, 5.41) is 0. The number of cyclic esters (lactones) is 1. The molecule has 3 rings (SSSR count). The number of allylic oxidation sites excluding steroid dienone is 1. The van der Waals surface area contributed by atoms with Crippen LogP contribution in [0.3, 0.4) is 0 Å². The lowest BCUT2D eigenvalue weighted by atomic mass is 9.88. The van der Waals surface area contributed by atoms with E-state index < -0.39 is 6.09 Å². The zero-order valence-corrected chi connectivity index (χ0v) is 14.1. The monoisotopic (exact) mass is 329 g/mol. The summed E-state index contributed by atoms with van der Waals surface area (Å²) in [6, 6.07) is 9.12. The molecule has 2 aliphatic heterocycles. The van der Waals surface area contributed by atoms with E-state index in [1.54, 1.807) is 0 Å². The van der Waals surface area contributed by atoms with Crippen molar-refractivity contribution >= 4 is 12.0 Å². The topological polar surface area (TPSA) is 55.8 Å². The maximum atomic E-state index is 12.6. The highest BCUT2D eigenvalue weighted by molar-refractivity contribution is 5.99. The number of hydrogen-bond acceptors (Lipinski definition) is 4. The van der Waals surface area contributed by atoms with Gasteiger partial charge in [0.05, 0.1) is 5.60 Å². The van der Waals surface area contributed by atoms with Crippen LogP contribution in [0.5, 0.6) is 0 Å². The Morgan fingerprint density at radius 3 is 2.75 bits per heavy atom. The molecule has 1 aromatic carbocycles. The van der Waals surface area contributed by atoms with Gasteiger partial charge >= 0.3 is 6.09 Å². The Labute approximate surface area is 142 Å². The molecule has 2 atom stereocenters. The van der Waals surface area contributed by atoms with E-state index in [9.17, 15) is 9.59 Å². The molecule has 2 amide bonds. The molecule has 0 bridgehead atoms. The predicted molar refractivity (Wildman–Crippen MR) is 89.3 cm³/mol. The van der Waals surface area contributed by atoms with Gasteiger partial charge in [-0.2, -0.15) is 0 Å². The summed E-state index contributed by atoms with van der Waals surface area (Å²) in [5.74, 6) is -0.0397. The van der Waals surface area contributed by atoms with Gasteiger partial charge in [0.2, 0.25) is 0 Å². The molecular weight excluding hydrogens is 306 g/mol. The number of benzene rings is 1. The van der Waals surface area contributed by atoms with Crippen LogP contribution in [-0.4, -0.2) is 35.7 Å². The van der Waals surface area contributed by atoms with Crippen LogP contribution in [0, 0.1) is 5.92 Å². The van der Waals surface area contributed by atoms with Crippen LogP contribution in [0.15, 0.2) is 42.5 Å². The minimum Gasteiger partial charge on any atom is -0.446 e. The number of rotatable bonds is 3. The minimum absolute atomic E-state index is 0.171. The van der Waals surface area contributed by atoms with Gasteiger partial charge in [-0.25, -0.2) is 9.69 Å². The first-order valence-electron chi connectivity index (χ1n) is 8.33. The van der Waals surface area contributed by atoms with Crippen molar-refractivity contribution in [1.29, 1.82) is 0 Å². The number of nitrogens with zero attached hydrogens (tertiary/aromatic N) is 1. The number of amides is 2. The van der Waals surface area contributed by atoms with E-state index in [2.05, 4.69) is 13.8 Å². The van der Waals surface area contributed by atoms with E-state index >= 15 is 0 Å². The van der Waals surface area contributed by atoms with Gasteiger partial charge in [-0.1, -0.05) is 36.4 Å². The number of imide groups is 1. The van der Waals surface area contributed by atoms with Gasteiger partial charge in [-0.05, 0) is 44.2 Å². The van der Waals surface area contributed by atoms with Crippen molar-refractivity contribution in [3.63, 3.8) is 0 Å². The van der Waals surface area contributed by atoms with Crippen molar-refractivity contribution in [3.05, 3.63) is 48.0 Å². The van der Waals surface area contributed by atoms with E-state index in [-0.39, 0.29) is 30.1 Å². The zero-order valence-electron chi connectivity index (χ0n) is 14.1. The lowest BCUT2D eigenvalue weighted by molar-refractivity contribution is -0.124. The van der Waals surface area contributed by atoms with Crippen LogP contribution in [-0.2, 0) is 14.3 Å². The molecule has 2 saturated heterocycles. The first kappa shape index (κ1) is 16.7. The van der Waals surface area contributed by atoms with Crippen LogP contribution in [0.4, 0.5) is 4.79 Å². The molecule has 0 aromatic heterocycles. The molecule has 2 fully saturated rings. The maximum Gasteiger partial charge on any atom is 0.417 e. The Morgan fingerprint density at radius 2 is 2.04 bits per heavy atom. The third-order valence-corrected chi connectivity index (χ3v) is 4.54. The Balaban J connectivity index is 1.71. The van der Waals surface area contributed by atoms with Crippen molar-refractivity contribution in [2.75, 3.05) is 13.2 Å². The second-order valence-corrected chi connectivity index (χ2v) is 6.93. The first-order chi connectivity index (χ1) is 11.5. The van der Waals surface area contributed by atoms with Crippen LogP contribution >= 0.6 is 0 Å². The largest absolute Gasteiger partial charge is 0.446 e. The molecule has 0 spiro atoms. The van der Waals surface area contributed by atoms with Gasteiger partial charge in [0.15, 0.2) is 0 Å². The van der Waals surface area contributed by atoms with Crippen LogP contribution in [0.2, 0.25) is 0 Å². The second kappa shape index (κ2) is 6.77. The van der Waals surface area contributed by atoms with Gasteiger partial charge in [0.1, 0.15) is 12.6 Å². The molecule has 1 aromatic rings. The van der Waals surface area contributed by atoms with Gasteiger partial charge in [0.25, 0.3) is 5.91 Å². The van der Waals surface area contributed by atoms with Crippen LogP contribution < -0.4 is 0 Å². The molecule has 0 aliphatic carbocycles. The smallest absolute Gasteiger partial charge is 0.417 e. The highest BCUT2D eigenvalue weighted by Gasteiger charge is 2.38. The molecule has 2 heterocycles. The fourth-order valence-electron chi connectivity index (χ4n) is 3.33. The van der Waals surface area contributed by atoms with Gasteiger partial charge in [-0.15, -0.1) is 0 Å². The zero-order chi connectivity index (χ0) is 17.2. The molecule has 2 unspecified atom stereocenters. The number of ether oxygens (including phenoxy) is 2. The summed E-state index contributed by atoms with van der Waals surface area (Å²) in [7, 11) is 0. The Kier molecular flexibility index (Phi) is 4.71. The van der Waals surface area contributed by atoms with E-state index in [1.165, 1.54) is 11.0 Å². The summed E-state index contributed by atoms with van der Waals surface area (Å²) in [4.78, 5) is 25.7. The molecular formula is C19H23NO4. The highest BCUT2D eigenvalue weighted by atomic mass is 16.6. The van der Waals surface area contributed by atoms with E-state index in [1.807, 2.05) is 36.4 Å². The lowest BCUT2D eigenvalue weighted by Gasteiger charge is -2.34. The first-order valence-corrected chi connectivity index (χ1v) is 8.33. The lowest BCUT2D eigenvalue weighted by Crippen LogP contribution is -2.34. The molecule has 2 aliphatic rings. The molecule has 128 valence electrons. The van der Waals surface area contributed by atoms with Crippen molar-refractivity contribution in [2.24, 2.45) is 5.92 Å².